The third-order valence-corrected chi connectivity index (χ3v) is 4.90. The Morgan fingerprint density at radius 1 is 1.10 bits per heavy atom. The van der Waals surface area contributed by atoms with Crippen LogP contribution in [0.2, 0.25) is 0 Å². The fourth-order valence-corrected chi connectivity index (χ4v) is 3.51. The van der Waals surface area contributed by atoms with Gasteiger partial charge in [-0.3, -0.25) is 0 Å². The van der Waals surface area contributed by atoms with Crippen LogP contribution in [0.1, 0.15) is 46.0 Å². The minimum atomic E-state index is 0.631. The summed E-state index contributed by atoms with van der Waals surface area (Å²) in [5.74, 6) is 0.631. The van der Waals surface area contributed by atoms with Crippen LogP contribution in [-0.2, 0) is 4.84 Å². The van der Waals surface area contributed by atoms with Gasteiger partial charge in [-0.2, -0.15) is 0 Å². The quantitative estimate of drug-likeness (QED) is 0.586. The zero-order valence-electron chi connectivity index (χ0n) is 13.5. The van der Waals surface area contributed by atoms with Gasteiger partial charge in [-0.25, -0.2) is 0 Å². The van der Waals surface area contributed by atoms with Gasteiger partial charge in [0.15, 0.2) is 0 Å². The average Bonchev–Trinajstić information content (AvgIpc) is 2.70. The van der Waals surface area contributed by atoms with Crippen LogP contribution in [0.5, 0.6) is 0 Å². The van der Waals surface area contributed by atoms with Crippen LogP contribution in [0.4, 0.5) is 0 Å². The molecule has 20 heavy (non-hydrogen) atoms. The predicted octanol–water partition coefficient (Wildman–Crippen LogP) is 2.60. The first-order chi connectivity index (χ1) is 9.70. The number of piperidine rings is 1. The fourth-order valence-electron chi connectivity index (χ4n) is 3.51. The van der Waals surface area contributed by atoms with Gasteiger partial charge in [0.05, 0.1) is 5.71 Å². The number of hydrogen-bond donors (Lipinski definition) is 0. The molecular weight excluding hydrogens is 250 g/mol. The van der Waals surface area contributed by atoms with Crippen LogP contribution in [0.25, 0.3) is 0 Å². The van der Waals surface area contributed by atoms with E-state index in [0.29, 0.717) is 12.5 Å². The summed E-state index contributed by atoms with van der Waals surface area (Å²) in [4.78, 5) is 10.4. The van der Waals surface area contributed by atoms with E-state index in [4.69, 9.17) is 4.84 Å². The molecule has 2 aliphatic heterocycles. The van der Waals surface area contributed by atoms with Crippen molar-refractivity contribution >= 4 is 5.71 Å². The molecule has 1 unspecified atom stereocenters. The van der Waals surface area contributed by atoms with E-state index >= 15 is 0 Å². The Morgan fingerprint density at radius 2 is 1.85 bits per heavy atom. The van der Waals surface area contributed by atoms with Gasteiger partial charge < -0.3 is 14.6 Å². The summed E-state index contributed by atoms with van der Waals surface area (Å²) in [6.45, 7) is 9.78. The van der Waals surface area contributed by atoms with E-state index in [1.807, 2.05) is 6.92 Å². The molecule has 0 aliphatic carbocycles. The molecule has 2 fully saturated rings. The molecule has 0 aromatic carbocycles. The Hall–Kier alpha value is -0.610. The summed E-state index contributed by atoms with van der Waals surface area (Å²) >= 11 is 0. The van der Waals surface area contributed by atoms with Gasteiger partial charge in [0.2, 0.25) is 0 Å². The molecule has 2 rings (SSSR count). The highest BCUT2D eigenvalue weighted by atomic mass is 16.6. The maximum Gasteiger partial charge on any atom is 0.114 e. The molecule has 116 valence electrons. The molecule has 0 N–H and O–H groups in total. The number of nitrogens with zero attached hydrogens (tertiary/aromatic N) is 3. The summed E-state index contributed by atoms with van der Waals surface area (Å²) in [6, 6.07) is 0.810. The predicted molar refractivity (Wildman–Crippen MR) is 84.2 cm³/mol. The van der Waals surface area contributed by atoms with Crippen molar-refractivity contribution < 1.29 is 4.84 Å². The largest absolute Gasteiger partial charge is 0.396 e. The van der Waals surface area contributed by atoms with Gasteiger partial charge in [0, 0.05) is 12.0 Å². The summed E-state index contributed by atoms with van der Waals surface area (Å²) in [5, 5.41) is 4.22. The van der Waals surface area contributed by atoms with E-state index in [2.05, 4.69) is 28.9 Å². The standard InChI is InChI=1S/C16H31N3O/c1-4-20-17-14(2)15-7-12-19(13-8-15)16-6-5-10-18(3)11-9-16/h15-16H,4-13H2,1-3H3/b17-14+. The SMILES string of the molecule is CCO/N=C(\C)C1CCN(C2CCCN(C)CC2)CC1. The Labute approximate surface area is 124 Å². The Bertz CT molecular complexity index is 311. The molecule has 2 saturated heterocycles. The molecule has 0 aromatic heterocycles. The molecule has 0 bridgehead atoms. The first-order valence-corrected chi connectivity index (χ1v) is 8.29. The van der Waals surface area contributed by atoms with Crippen LogP contribution in [0.3, 0.4) is 0 Å². The molecule has 0 radical (unpaired) electrons. The first-order valence-electron chi connectivity index (χ1n) is 8.29. The van der Waals surface area contributed by atoms with E-state index in [1.165, 1.54) is 64.0 Å². The van der Waals surface area contributed by atoms with E-state index in [9.17, 15) is 0 Å². The minimum absolute atomic E-state index is 0.631. The monoisotopic (exact) mass is 281 g/mol. The van der Waals surface area contributed by atoms with Gasteiger partial charge in [0.25, 0.3) is 0 Å². The van der Waals surface area contributed by atoms with Gasteiger partial charge in [0.1, 0.15) is 6.61 Å². The maximum absolute atomic E-state index is 5.19. The molecular formula is C16H31N3O. The molecule has 0 amide bonds. The van der Waals surface area contributed by atoms with Crippen molar-refractivity contribution in [2.75, 3.05) is 39.8 Å². The van der Waals surface area contributed by atoms with Crippen molar-refractivity contribution in [3.05, 3.63) is 0 Å². The normalized spacial score (nSPS) is 28.4. The molecule has 2 aliphatic rings. The summed E-state index contributed by atoms with van der Waals surface area (Å²) < 4.78 is 0. The highest BCUT2D eigenvalue weighted by Gasteiger charge is 2.27. The van der Waals surface area contributed by atoms with Crippen molar-refractivity contribution in [3.8, 4) is 0 Å². The Balaban J connectivity index is 1.78. The van der Waals surface area contributed by atoms with Crippen LogP contribution in [0.15, 0.2) is 5.16 Å². The minimum Gasteiger partial charge on any atom is -0.396 e. The molecule has 0 saturated carbocycles. The first kappa shape index (κ1) is 15.8. The molecule has 0 aromatic rings. The van der Waals surface area contributed by atoms with Crippen LogP contribution < -0.4 is 0 Å². The van der Waals surface area contributed by atoms with Crippen molar-refractivity contribution in [1.29, 1.82) is 0 Å². The second-order valence-electron chi connectivity index (χ2n) is 6.35. The molecule has 4 nitrogen and oxygen atoms in total. The number of rotatable bonds is 4. The summed E-state index contributed by atoms with van der Waals surface area (Å²) in [6.07, 6.45) is 6.56. The Morgan fingerprint density at radius 3 is 2.55 bits per heavy atom. The zero-order chi connectivity index (χ0) is 14.4. The second-order valence-corrected chi connectivity index (χ2v) is 6.35. The summed E-state index contributed by atoms with van der Waals surface area (Å²) in [7, 11) is 2.25. The molecule has 4 heteroatoms. The zero-order valence-corrected chi connectivity index (χ0v) is 13.5. The average molecular weight is 281 g/mol. The highest BCUT2D eigenvalue weighted by Crippen LogP contribution is 2.24. The van der Waals surface area contributed by atoms with Crippen LogP contribution >= 0.6 is 0 Å². The van der Waals surface area contributed by atoms with E-state index in [-0.39, 0.29) is 0 Å². The molecule has 1 atom stereocenters. The third kappa shape index (κ3) is 4.45. The van der Waals surface area contributed by atoms with Crippen molar-refractivity contribution in [2.24, 2.45) is 11.1 Å². The fraction of sp³-hybridized carbons (Fsp3) is 0.938. The van der Waals surface area contributed by atoms with Crippen molar-refractivity contribution in [2.45, 2.75) is 52.0 Å². The van der Waals surface area contributed by atoms with Gasteiger partial charge in [-0.15, -0.1) is 0 Å². The van der Waals surface area contributed by atoms with Crippen molar-refractivity contribution in [1.82, 2.24) is 9.80 Å². The number of oxime groups is 1. The number of likely N-dealkylation sites (tertiary alicyclic amines) is 2. The van der Waals surface area contributed by atoms with Crippen LogP contribution in [-0.4, -0.2) is 61.4 Å². The van der Waals surface area contributed by atoms with Gasteiger partial charge in [-0.05, 0) is 79.2 Å². The topological polar surface area (TPSA) is 28.1 Å². The maximum atomic E-state index is 5.19. The smallest absolute Gasteiger partial charge is 0.114 e. The third-order valence-electron chi connectivity index (χ3n) is 4.90. The molecule has 2 heterocycles. The number of hydrogen-bond acceptors (Lipinski definition) is 4. The summed E-state index contributed by atoms with van der Waals surface area (Å²) in [5.41, 5.74) is 1.19. The van der Waals surface area contributed by atoms with Gasteiger partial charge >= 0.3 is 0 Å². The van der Waals surface area contributed by atoms with E-state index in [0.717, 1.165) is 6.04 Å². The van der Waals surface area contributed by atoms with E-state index < -0.39 is 0 Å². The lowest BCUT2D eigenvalue weighted by Crippen LogP contribution is -2.43. The van der Waals surface area contributed by atoms with E-state index in [1.54, 1.807) is 0 Å². The molecule has 0 spiro atoms. The van der Waals surface area contributed by atoms with Crippen molar-refractivity contribution in [3.63, 3.8) is 0 Å². The lowest BCUT2D eigenvalue weighted by Gasteiger charge is -2.37. The highest BCUT2D eigenvalue weighted by molar-refractivity contribution is 5.83. The Kier molecular flexibility index (Phi) is 6.30. The van der Waals surface area contributed by atoms with Crippen LogP contribution in [0, 0.1) is 5.92 Å². The lowest BCUT2D eigenvalue weighted by atomic mass is 9.91. The van der Waals surface area contributed by atoms with Gasteiger partial charge in [-0.1, -0.05) is 5.16 Å². The lowest BCUT2D eigenvalue weighted by molar-refractivity contribution is 0.130. The second kappa shape index (κ2) is 7.99.